The number of piperazine rings is 1. The maximum absolute atomic E-state index is 12.1. The molecule has 1 rings (SSSR count). The van der Waals surface area contributed by atoms with Gasteiger partial charge in [-0.3, -0.25) is 9.69 Å². The molecule has 1 fully saturated rings. The van der Waals surface area contributed by atoms with Crippen LogP contribution in [0.25, 0.3) is 0 Å². The molecule has 1 unspecified atom stereocenters. The summed E-state index contributed by atoms with van der Waals surface area (Å²) in [4.78, 5) is 16.4. The molecule has 18 heavy (non-hydrogen) atoms. The Morgan fingerprint density at radius 2 is 1.89 bits per heavy atom. The zero-order chi connectivity index (χ0) is 13.5. The van der Waals surface area contributed by atoms with Crippen molar-refractivity contribution in [1.82, 2.24) is 9.80 Å². The molecule has 1 heterocycles. The van der Waals surface area contributed by atoms with Crippen molar-refractivity contribution >= 4 is 5.91 Å². The molecular formula is C14H25N3O. The van der Waals surface area contributed by atoms with Gasteiger partial charge in [0.15, 0.2) is 0 Å². The largest absolute Gasteiger partial charge is 0.339 e. The molecule has 4 nitrogen and oxygen atoms in total. The van der Waals surface area contributed by atoms with Gasteiger partial charge in [0.05, 0.1) is 6.07 Å². The molecule has 0 radical (unpaired) electrons. The van der Waals surface area contributed by atoms with Crippen molar-refractivity contribution in [3.8, 4) is 6.07 Å². The molecule has 0 N–H and O–H groups in total. The average Bonchev–Trinajstić information content (AvgIpc) is 2.35. The summed E-state index contributed by atoms with van der Waals surface area (Å²) in [5, 5.41) is 9.02. The maximum atomic E-state index is 12.1. The summed E-state index contributed by atoms with van der Waals surface area (Å²) in [5.41, 5.74) is 0. The Balaban J connectivity index is 2.42. The van der Waals surface area contributed by atoms with E-state index >= 15 is 0 Å². The predicted molar refractivity (Wildman–Crippen MR) is 71.9 cm³/mol. The third-order valence-corrected chi connectivity index (χ3v) is 3.34. The van der Waals surface area contributed by atoms with Crippen molar-refractivity contribution in [3.05, 3.63) is 0 Å². The van der Waals surface area contributed by atoms with E-state index in [2.05, 4.69) is 24.8 Å². The van der Waals surface area contributed by atoms with Gasteiger partial charge in [-0.15, -0.1) is 0 Å². The lowest BCUT2D eigenvalue weighted by Crippen LogP contribution is -2.50. The second-order valence-electron chi connectivity index (χ2n) is 5.49. The van der Waals surface area contributed by atoms with E-state index in [9.17, 15) is 4.79 Å². The maximum Gasteiger partial charge on any atom is 0.240 e. The van der Waals surface area contributed by atoms with Crippen molar-refractivity contribution in [1.29, 1.82) is 5.26 Å². The Bertz CT molecular complexity index is 301. The molecular weight excluding hydrogens is 226 g/mol. The smallest absolute Gasteiger partial charge is 0.240 e. The van der Waals surface area contributed by atoms with Crippen LogP contribution in [0.4, 0.5) is 0 Å². The van der Waals surface area contributed by atoms with Gasteiger partial charge in [-0.25, -0.2) is 0 Å². The average molecular weight is 251 g/mol. The van der Waals surface area contributed by atoms with Crippen molar-refractivity contribution in [3.63, 3.8) is 0 Å². The fraction of sp³-hybridized carbons (Fsp3) is 0.857. The molecule has 0 bridgehead atoms. The van der Waals surface area contributed by atoms with Crippen LogP contribution in [0.1, 0.15) is 33.6 Å². The van der Waals surface area contributed by atoms with Crippen molar-refractivity contribution < 1.29 is 4.79 Å². The first-order valence-corrected chi connectivity index (χ1v) is 6.99. The van der Waals surface area contributed by atoms with Gasteiger partial charge in [0.2, 0.25) is 5.91 Å². The van der Waals surface area contributed by atoms with Crippen molar-refractivity contribution in [2.24, 2.45) is 11.8 Å². The molecule has 102 valence electrons. The first-order chi connectivity index (χ1) is 8.58. The van der Waals surface area contributed by atoms with Gasteiger partial charge < -0.3 is 4.90 Å². The van der Waals surface area contributed by atoms with Crippen LogP contribution in [0.2, 0.25) is 0 Å². The van der Waals surface area contributed by atoms with Gasteiger partial charge in [-0.2, -0.15) is 5.26 Å². The van der Waals surface area contributed by atoms with Crippen LogP contribution < -0.4 is 0 Å². The van der Waals surface area contributed by atoms with Gasteiger partial charge in [0.25, 0.3) is 0 Å². The highest BCUT2D eigenvalue weighted by molar-refractivity contribution is 5.81. The summed E-state index contributed by atoms with van der Waals surface area (Å²) >= 11 is 0. The monoisotopic (exact) mass is 251 g/mol. The standard InChI is InChI=1S/C14H25N3O/c1-4-5-13(10-15)14(18)17-8-6-16(7-9-17)11-12(2)3/h12-13H,4-9,11H2,1-3H3. The van der Waals surface area contributed by atoms with E-state index in [1.165, 1.54) is 0 Å². The SMILES string of the molecule is CCCC(C#N)C(=O)N1CCN(CC(C)C)CC1. The normalized spacial score (nSPS) is 18.7. The van der Waals surface area contributed by atoms with Gasteiger partial charge in [0, 0.05) is 32.7 Å². The highest BCUT2D eigenvalue weighted by Gasteiger charge is 2.26. The molecule has 0 aliphatic carbocycles. The van der Waals surface area contributed by atoms with Gasteiger partial charge >= 0.3 is 0 Å². The van der Waals surface area contributed by atoms with E-state index < -0.39 is 5.92 Å². The van der Waals surface area contributed by atoms with E-state index in [1.54, 1.807) is 0 Å². The minimum atomic E-state index is -0.438. The molecule has 0 aromatic carbocycles. The highest BCUT2D eigenvalue weighted by atomic mass is 16.2. The van der Waals surface area contributed by atoms with Crippen LogP contribution in [0.5, 0.6) is 0 Å². The molecule has 1 aliphatic heterocycles. The fourth-order valence-corrected chi connectivity index (χ4v) is 2.42. The van der Waals surface area contributed by atoms with Crippen LogP contribution in [-0.2, 0) is 4.79 Å². The molecule has 0 aromatic heterocycles. The van der Waals surface area contributed by atoms with Crippen LogP contribution >= 0.6 is 0 Å². The van der Waals surface area contributed by atoms with Crippen LogP contribution in [0.3, 0.4) is 0 Å². The van der Waals surface area contributed by atoms with E-state index in [-0.39, 0.29) is 5.91 Å². The first kappa shape index (κ1) is 15.0. The number of carbonyl (C=O) groups is 1. The Morgan fingerprint density at radius 1 is 1.28 bits per heavy atom. The fourth-order valence-electron chi connectivity index (χ4n) is 2.42. The third kappa shape index (κ3) is 4.30. The molecule has 0 aromatic rings. The summed E-state index contributed by atoms with van der Waals surface area (Å²) < 4.78 is 0. The minimum Gasteiger partial charge on any atom is -0.339 e. The second-order valence-corrected chi connectivity index (χ2v) is 5.49. The lowest BCUT2D eigenvalue weighted by Gasteiger charge is -2.36. The number of nitrogens with zero attached hydrogens (tertiary/aromatic N) is 3. The number of nitriles is 1. The lowest BCUT2D eigenvalue weighted by molar-refractivity contribution is -0.135. The summed E-state index contributed by atoms with van der Waals surface area (Å²) in [6.07, 6.45) is 1.57. The first-order valence-electron chi connectivity index (χ1n) is 6.99. The number of hydrogen-bond donors (Lipinski definition) is 0. The third-order valence-electron chi connectivity index (χ3n) is 3.34. The van der Waals surface area contributed by atoms with Crippen molar-refractivity contribution in [2.75, 3.05) is 32.7 Å². The van der Waals surface area contributed by atoms with Gasteiger partial charge in [-0.05, 0) is 12.3 Å². The number of rotatable bonds is 5. The lowest BCUT2D eigenvalue weighted by atomic mass is 10.0. The summed E-state index contributed by atoms with van der Waals surface area (Å²) in [6.45, 7) is 11.0. The van der Waals surface area contributed by atoms with Gasteiger partial charge in [-0.1, -0.05) is 27.2 Å². The van der Waals surface area contributed by atoms with E-state index in [0.29, 0.717) is 12.3 Å². The van der Waals surface area contributed by atoms with E-state index in [4.69, 9.17) is 5.26 Å². The molecule has 0 saturated carbocycles. The summed E-state index contributed by atoms with van der Waals surface area (Å²) in [6, 6.07) is 2.14. The Hall–Kier alpha value is -1.08. The molecule has 4 heteroatoms. The molecule has 1 aliphatic rings. The number of carbonyl (C=O) groups excluding carboxylic acids is 1. The zero-order valence-corrected chi connectivity index (χ0v) is 11.9. The summed E-state index contributed by atoms with van der Waals surface area (Å²) in [7, 11) is 0. The Kier molecular flexibility index (Phi) is 6.14. The summed E-state index contributed by atoms with van der Waals surface area (Å²) in [5.74, 6) is 0.259. The van der Waals surface area contributed by atoms with Crippen LogP contribution in [-0.4, -0.2) is 48.4 Å². The number of amides is 1. The molecule has 1 saturated heterocycles. The Labute approximate surface area is 111 Å². The van der Waals surface area contributed by atoms with E-state index in [0.717, 1.165) is 39.1 Å². The zero-order valence-electron chi connectivity index (χ0n) is 11.9. The highest BCUT2D eigenvalue weighted by Crippen LogP contribution is 2.12. The predicted octanol–water partition coefficient (Wildman–Crippen LogP) is 1.73. The Morgan fingerprint density at radius 3 is 2.33 bits per heavy atom. The van der Waals surface area contributed by atoms with E-state index in [1.807, 2.05) is 11.8 Å². The number of hydrogen-bond acceptors (Lipinski definition) is 3. The second kappa shape index (κ2) is 7.38. The molecule has 1 atom stereocenters. The minimum absolute atomic E-state index is 0.0311. The van der Waals surface area contributed by atoms with Crippen LogP contribution in [0.15, 0.2) is 0 Å². The van der Waals surface area contributed by atoms with Crippen LogP contribution in [0, 0.1) is 23.2 Å². The topological polar surface area (TPSA) is 47.3 Å². The van der Waals surface area contributed by atoms with Crippen molar-refractivity contribution in [2.45, 2.75) is 33.6 Å². The molecule has 1 amide bonds. The quantitative estimate of drug-likeness (QED) is 0.747. The van der Waals surface area contributed by atoms with Gasteiger partial charge in [0.1, 0.15) is 5.92 Å². The molecule has 0 spiro atoms.